The van der Waals surface area contributed by atoms with Crippen molar-refractivity contribution >= 4 is 5.97 Å². The van der Waals surface area contributed by atoms with Gasteiger partial charge < -0.3 is 5.11 Å². The highest BCUT2D eigenvalue weighted by Gasteiger charge is 2.26. The van der Waals surface area contributed by atoms with Gasteiger partial charge in [0.25, 0.3) is 0 Å². The lowest BCUT2D eigenvalue weighted by atomic mass is 9.77. The predicted octanol–water partition coefficient (Wildman–Crippen LogP) is 2.60. The molecule has 0 radical (unpaired) electrons. The van der Waals surface area contributed by atoms with Crippen LogP contribution >= 0.6 is 0 Å². The Hall–Kier alpha value is -1.36. The fourth-order valence-electron chi connectivity index (χ4n) is 3.33. The van der Waals surface area contributed by atoms with Crippen LogP contribution in [0.3, 0.4) is 0 Å². The maximum absolute atomic E-state index is 11.5. The Kier molecular flexibility index (Phi) is 5.39. The number of carboxylic acids is 1. The standard InChI is InChI=1S/C16H27N3O2/c1-11(2)13-6-4-12(5-7-13)10-17-15(16(20)21)14-8-9-18-19(14)3/h8-9,11-13,15,17H,4-7,10H2,1-3H3,(H,20,21). The smallest absolute Gasteiger partial charge is 0.326 e. The Labute approximate surface area is 126 Å². The normalized spacial score (nSPS) is 24.2. The minimum atomic E-state index is -0.838. The average molecular weight is 293 g/mol. The minimum absolute atomic E-state index is 0.593. The number of aryl methyl sites for hydroxylation is 1. The lowest BCUT2D eigenvalue weighted by Crippen LogP contribution is -2.35. The zero-order valence-electron chi connectivity index (χ0n) is 13.2. The Bertz CT molecular complexity index is 462. The van der Waals surface area contributed by atoms with Crippen LogP contribution in [0.5, 0.6) is 0 Å². The third-order valence-corrected chi connectivity index (χ3v) is 4.85. The monoisotopic (exact) mass is 293 g/mol. The molecule has 0 aromatic carbocycles. The first-order chi connectivity index (χ1) is 9.99. The molecule has 21 heavy (non-hydrogen) atoms. The molecule has 0 amide bonds. The molecule has 1 aromatic heterocycles. The third-order valence-electron chi connectivity index (χ3n) is 4.85. The van der Waals surface area contributed by atoms with Gasteiger partial charge in [-0.1, -0.05) is 13.8 Å². The van der Waals surface area contributed by atoms with E-state index in [2.05, 4.69) is 24.3 Å². The number of nitrogens with zero attached hydrogens (tertiary/aromatic N) is 2. The van der Waals surface area contributed by atoms with E-state index in [1.165, 1.54) is 25.7 Å². The van der Waals surface area contributed by atoms with Gasteiger partial charge in [-0.25, -0.2) is 0 Å². The molecule has 1 aromatic rings. The van der Waals surface area contributed by atoms with Crippen molar-refractivity contribution in [3.05, 3.63) is 18.0 Å². The van der Waals surface area contributed by atoms with Gasteiger partial charge in [0, 0.05) is 13.2 Å². The number of hydrogen-bond donors (Lipinski definition) is 2. The maximum atomic E-state index is 11.5. The fourth-order valence-corrected chi connectivity index (χ4v) is 3.33. The van der Waals surface area contributed by atoms with Gasteiger partial charge in [0.1, 0.15) is 6.04 Å². The van der Waals surface area contributed by atoms with Crippen LogP contribution < -0.4 is 5.32 Å². The summed E-state index contributed by atoms with van der Waals surface area (Å²) >= 11 is 0. The quantitative estimate of drug-likeness (QED) is 0.846. The number of aliphatic carboxylic acids is 1. The van der Waals surface area contributed by atoms with Gasteiger partial charge in [0.15, 0.2) is 0 Å². The Morgan fingerprint density at radius 2 is 2.10 bits per heavy atom. The van der Waals surface area contributed by atoms with E-state index < -0.39 is 12.0 Å². The molecule has 1 unspecified atom stereocenters. The minimum Gasteiger partial charge on any atom is -0.480 e. The SMILES string of the molecule is CC(C)C1CCC(CNC(C(=O)O)c2ccnn2C)CC1. The van der Waals surface area contributed by atoms with E-state index in [1.54, 1.807) is 24.0 Å². The summed E-state index contributed by atoms with van der Waals surface area (Å²) in [7, 11) is 1.78. The van der Waals surface area contributed by atoms with E-state index in [0.717, 1.165) is 18.4 Å². The van der Waals surface area contributed by atoms with Crippen LogP contribution in [0.2, 0.25) is 0 Å². The molecule has 118 valence electrons. The van der Waals surface area contributed by atoms with Gasteiger partial charge in [-0.15, -0.1) is 0 Å². The van der Waals surface area contributed by atoms with E-state index in [-0.39, 0.29) is 0 Å². The molecule has 2 N–H and O–H groups in total. The fraction of sp³-hybridized carbons (Fsp3) is 0.750. The van der Waals surface area contributed by atoms with E-state index in [4.69, 9.17) is 0 Å². The number of rotatable bonds is 6. The van der Waals surface area contributed by atoms with Crippen molar-refractivity contribution in [1.29, 1.82) is 0 Å². The average Bonchev–Trinajstić information content (AvgIpc) is 2.85. The van der Waals surface area contributed by atoms with Crippen molar-refractivity contribution in [3.8, 4) is 0 Å². The highest BCUT2D eigenvalue weighted by Crippen LogP contribution is 2.33. The Balaban J connectivity index is 1.87. The lowest BCUT2D eigenvalue weighted by molar-refractivity contribution is -0.139. The van der Waals surface area contributed by atoms with E-state index in [9.17, 15) is 9.90 Å². The van der Waals surface area contributed by atoms with Gasteiger partial charge in [-0.05, 0) is 56.0 Å². The number of nitrogens with one attached hydrogen (secondary N) is 1. The summed E-state index contributed by atoms with van der Waals surface area (Å²) in [6, 6.07) is 1.10. The maximum Gasteiger partial charge on any atom is 0.326 e. The van der Waals surface area contributed by atoms with Crippen molar-refractivity contribution in [3.63, 3.8) is 0 Å². The highest BCUT2D eigenvalue weighted by atomic mass is 16.4. The molecule has 0 bridgehead atoms. The van der Waals surface area contributed by atoms with Crippen molar-refractivity contribution in [2.45, 2.75) is 45.6 Å². The lowest BCUT2D eigenvalue weighted by Gasteiger charge is -2.31. The van der Waals surface area contributed by atoms with Gasteiger partial charge in [-0.3, -0.25) is 14.8 Å². The molecule has 1 aliphatic carbocycles. The van der Waals surface area contributed by atoms with Crippen LogP contribution in [-0.4, -0.2) is 27.4 Å². The van der Waals surface area contributed by atoms with E-state index in [0.29, 0.717) is 11.6 Å². The molecule has 1 aliphatic rings. The number of carbonyl (C=O) groups is 1. The highest BCUT2D eigenvalue weighted by molar-refractivity contribution is 5.74. The van der Waals surface area contributed by atoms with Crippen molar-refractivity contribution < 1.29 is 9.90 Å². The summed E-state index contributed by atoms with van der Waals surface area (Å²) in [5.74, 6) is 1.36. The summed E-state index contributed by atoms with van der Waals surface area (Å²) in [5.41, 5.74) is 0.707. The molecule has 5 nitrogen and oxygen atoms in total. The third kappa shape index (κ3) is 4.06. The second-order valence-electron chi connectivity index (χ2n) is 6.58. The summed E-state index contributed by atoms with van der Waals surface area (Å²) in [6.45, 7) is 5.37. The zero-order valence-corrected chi connectivity index (χ0v) is 13.2. The summed E-state index contributed by atoms with van der Waals surface area (Å²) in [4.78, 5) is 11.5. The molecular formula is C16H27N3O2. The molecule has 1 saturated carbocycles. The molecule has 0 aliphatic heterocycles. The first-order valence-corrected chi connectivity index (χ1v) is 7.93. The topological polar surface area (TPSA) is 67.2 Å². The second-order valence-corrected chi connectivity index (χ2v) is 6.58. The van der Waals surface area contributed by atoms with Crippen LogP contribution in [0, 0.1) is 17.8 Å². The summed E-state index contributed by atoms with van der Waals surface area (Å²) in [6.07, 6.45) is 6.59. The summed E-state index contributed by atoms with van der Waals surface area (Å²) in [5, 5.41) is 16.7. The first-order valence-electron chi connectivity index (χ1n) is 7.93. The van der Waals surface area contributed by atoms with Gasteiger partial charge in [0.2, 0.25) is 0 Å². The molecule has 2 rings (SSSR count). The first kappa shape index (κ1) is 16.0. The van der Waals surface area contributed by atoms with E-state index in [1.807, 2.05) is 0 Å². The number of hydrogen-bond acceptors (Lipinski definition) is 3. The van der Waals surface area contributed by atoms with Crippen LogP contribution in [0.1, 0.15) is 51.3 Å². The van der Waals surface area contributed by atoms with Gasteiger partial charge in [-0.2, -0.15) is 5.10 Å². The molecule has 5 heteroatoms. The van der Waals surface area contributed by atoms with Crippen molar-refractivity contribution in [2.24, 2.45) is 24.8 Å². The summed E-state index contributed by atoms with van der Waals surface area (Å²) < 4.78 is 1.63. The van der Waals surface area contributed by atoms with Gasteiger partial charge >= 0.3 is 5.97 Å². The van der Waals surface area contributed by atoms with Crippen molar-refractivity contribution in [1.82, 2.24) is 15.1 Å². The molecule has 1 fully saturated rings. The Morgan fingerprint density at radius 1 is 1.43 bits per heavy atom. The number of carboxylic acid groups (broad SMARTS) is 1. The molecule has 1 heterocycles. The number of aromatic nitrogens is 2. The Morgan fingerprint density at radius 3 is 2.57 bits per heavy atom. The molecular weight excluding hydrogens is 266 g/mol. The largest absolute Gasteiger partial charge is 0.480 e. The molecule has 0 saturated heterocycles. The zero-order chi connectivity index (χ0) is 15.4. The van der Waals surface area contributed by atoms with Crippen LogP contribution in [-0.2, 0) is 11.8 Å². The van der Waals surface area contributed by atoms with Gasteiger partial charge in [0.05, 0.1) is 5.69 Å². The van der Waals surface area contributed by atoms with Crippen LogP contribution in [0.25, 0.3) is 0 Å². The van der Waals surface area contributed by atoms with E-state index >= 15 is 0 Å². The van der Waals surface area contributed by atoms with Crippen LogP contribution in [0.15, 0.2) is 12.3 Å². The molecule has 1 atom stereocenters. The second kappa shape index (κ2) is 7.07. The predicted molar refractivity (Wildman–Crippen MR) is 81.9 cm³/mol. The molecule has 0 spiro atoms. The van der Waals surface area contributed by atoms with Crippen LogP contribution in [0.4, 0.5) is 0 Å². The van der Waals surface area contributed by atoms with Crippen molar-refractivity contribution in [2.75, 3.05) is 6.54 Å².